The smallest absolute Gasteiger partial charge is 0.415 e. The van der Waals surface area contributed by atoms with Crippen LogP contribution >= 0.6 is 15.9 Å². The van der Waals surface area contributed by atoms with Gasteiger partial charge in [-0.15, -0.1) is 0 Å². The second-order valence-corrected chi connectivity index (χ2v) is 5.92. The molecule has 0 fully saturated rings. The molecule has 1 aromatic rings. The predicted octanol–water partition coefficient (Wildman–Crippen LogP) is 3.58. The van der Waals surface area contributed by atoms with Crippen molar-refractivity contribution >= 4 is 27.7 Å². The van der Waals surface area contributed by atoms with Gasteiger partial charge in [-0.2, -0.15) is 0 Å². The summed E-state index contributed by atoms with van der Waals surface area (Å²) < 4.78 is 11.8. The van der Waals surface area contributed by atoms with Crippen LogP contribution in [0.2, 0.25) is 0 Å². The molecule has 0 unspecified atom stereocenters. The fourth-order valence-electron chi connectivity index (χ4n) is 1.72. The topological polar surface area (TPSA) is 38.8 Å². The molecule has 18 heavy (non-hydrogen) atoms. The van der Waals surface area contributed by atoms with Crippen LogP contribution in [0.25, 0.3) is 0 Å². The molecule has 0 spiro atoms. The summed E-state index contributed by atoms with van der Waals surface area (Å²) in [6, 6.07) is 5.61. The number of benzene rings is 1. The number of para-hydroxylation sites is 1. The highest BCUT2D eigenvalue weighted by Crippen LogP contribution is 2.38. The zero-order valence-corrected chi connectivity index (χ0v) is 12.3. The molecule has 98 valence electrons. The Labute approximate surface area is 115 Å². The van der Waals surface area contributed by atoms with Crippen molar-refractivity contribution in [2.24, 2.45) is 0 Å². The largest absolute Gasteiger partial charge is 0.488 e. The van der Waals surface area contributed by atoms with E-state index in [9.17, 15) is 4.79 Å². The van der Waals surface area contributed by atoms with E-state index in [1.165, 1.54) is 0 Å². The lowest BCUT2D eigenvalue weighted by Gasteiger charge is -2.31. The average molecular weight is 314 g/mol. The number of carbonyl (C=O) groups excluding carboxylic acids is 1. The fraction of sp³-hybridized carbons (Fsp3) is 0.462. The summed E-state index contributed by atoms with van der Waals surface area (Å²) in [6.07, 6.45) is -0.342. The van der Waals surface area contributed by atoms with Crippen LogP contribution in [-0.2, 0) is 4.74 Å². The van der Waals surface area contributed by atoms with Gasteiger partial charge in [0.25, 0.3) is 0 Å². The second-order valence-electron chi connectivity index (χ2n) is 5.07. The van der Waals surface area contributed by atoms with E-state index >= 15 is 0 Å². The molecular weight excluding hydrogens is 298 g/mol. The third-order valence-electron chi connectivity index (χ3n) is 2.41. The van der Waals surface area contributed by atoms with Crippen molar-refractivity contribution < 1.29 is 14.3 Å². The monoisotopic (exact) mass is 313 g/mol. The van der Waals surface area contributed by atoms with Gasteiger partial charge in [0, 0.05) is 0 Å². The highest BCUT2D eigenvalue weighted by molar-refractivity contribution is 9.10. The summed E-state index contributed by atoms with van der Waals surface area (Å²) in [4.78, 5) is 13.7. The molecule has 0 atom stereocenters. The Kier molecular flexibility index (Phi) is 3.52. The standard InChI is InChI=1S/C13H16BrNO3/c1-13(2,3)18-12(16)15-7-8-17-11-9(14)5-4-6-10(11)15/h4-6H,7-8H2,1-3H3. The molecule has 0 aromatic heterocycles. The molecule has 0 N–H and O–H groups in total. The number of fused-ring (bicyclic) bond motifs is 1. The molecule has 4 nitrogen and oxygen atoms in total. The average Bonchev–Trinajstić information content (AvgIpc) is 2.26. The fourth-order valence-corrected chi connectivity index (χ4v) is 2.19. The van der Waals surface area contributed by atoms with Crippen LogP contribution in [0.4, 0.5) is 10.5 Å². The third-order valence-corrected chi connectivity index (χ3v) is 3.04. The Morgan fingerprint density at radius 3 is 2.83 bits per heavy atom. The Morgan fingerprint density at radius 2 is 2.17 bits per heavy atom. The number of amides is 1. The molecule has 0 aliphatic carbocycles. The molecule has 0 bridgehead atoms. The van der Waals surface area contributed by atoms with Gasteiger partial charge in [0.2, 0.25) is 0 Å². The molecule has 1 heterocycles. The number of rotatable bonds is 0. The quantitative estimate of drug-likeness (QED) is 0.735. The van der Waals surface area contributed by atoms with Crippen molar-refractivity contribution in [2.75, 3.05) is 18.1 Å². The van der Waals surface area contributed by atoms with E-state index in [1.807, 2.05) is 39.0 Å². The first kappa shape index (κ1) is 13.2. The van der Waals surface area contributed by atoms with E-state index in [2.05, 4.69) is 15.9 Å². The van der Waals surface area contributed by atoms with Crippen molar-refractivity contribution in [1.29, 1.82) is 0 Å². The minimum absolute atomic E-state index is 0.342. The zero-order valence-electron chi connectivity index (χ0n) is 10.7. The Balaban J connectivity index is 2.28. The molecule has 1 aromatic carbocycles. The first-order valence-electron chi connectivity index (χ1n) is 5.80. The Bertz CT molecular complexity index is 468. The van der Waals surface area contributed by atoms with Crippen molar-refractivity contribution in [3.05, 3.63) is 22.7 Å². The van der Waals surface area contributed by atoms with Gasteiger partial charge in [-0.05, 0) is 48.8 Å². The number of hydrogen-bond acceptors (Lipinski definition) is 3. The van der Waals surface area contributed by atoms with Gasteiger partial charge in [0.1, 0.15) is 12.2 Å². The molecule has 2 rings (SSSR count). The van der Waals surface area contributed by atoms with Crippen molar-refractivity contribution in [3.8, 4) is 5.75 Å². The van der Waals surface area contributed by atoms with Crippen molar-refractivity contribution in [3.63, 3.8) is 0 Å². The van der Waals surface area contributed by atoms with Crippen LogP contribution in [0.3, 0.4) is 0 Å². The van der Waals surface area contributed by atoms with E-state index in [-0.39, 0.29) is 6.09 Å². The second kappa shape index (κ2) is 4.80. The van der Waals surface area contributed by atoms with Crippen LogP contribution in [-0.4, -0.2) is 24.8 Å². The minimum Gasteiger partial charge on any atom is -0.488 e. The normalized spacial score (nSPS) is 14.8. The lowest BCUT2D eigenvalue weighted by atomic mass is 10.2. The summed E-state index contributed by atoms with van der Waals surface area (Å²) in [7, 11) is 0. The van der Waals surface area contributed by atoms with Gasteiger partial charge in [0.05, 0.1) is 16.7 Å². The molecule has 0 saturated carbocycles. The number of halogens is 1. The summed E-state index contributed by atoms with van der Waals surface area (Å²) >= 11 is 3.42. The minimum atomic E-state index is -0.498. The lowest BCUT2D eigenvalue weighted by Crippen LogP contribution is -2.41. The summed E-state index contributed by atoms with van der Waals surface area (Å²) in [6.45, 7) is 6.53. The molecule has 5 heteroatoms. The number of hydrogen-bond donors (Lipinski definition) is 0. The summed E-state index contributed by atoms with van der Waals surface area (Å²) in [5.74, 6) is 0.689. The van der Waals surface area contributed by atoms with Gasteiger partial charge >= 0.3 is 6.09 Å². The van der Waals surface area contributed by atoms with E-state index in [1.54, 1.807) is 4.90 Å². The van der Waals surface area contributed by atoms with E-state index in [0.717, 1.165) is 10.2 Å². The van der Waals surface area contributed by atoms with Gasteiger partial charge in [-0.3, -0.25) is 4.90 Å². The maximum Gasteiger partial charge on any atom is 0.415 e. The first-order chi connectivity index (χ1) is 8.38. The van der Waals surface area contributed by atoms with Crippen LogP contribution in [0, 0.1) is 0 Å². The molecule has 1 amide bonds. The van der Waals surface area contributed by atoms with Crippen molar-refractivity contribution in [2.45, 2.75) is 26.4 Å². The number of ether oxygens (including phenoxy) is 2. The first-order valence-corrected chi connectivity index (χ1v) is 6.59. The van der Waals surface area contributed by atoms with Crippen LogP contribution in [0.5, 0.6) is 5.75 Å². The van der Waals surface area contributed by atoms with Crippen molar-refractivity contribution in [1.82, 2.24) is 0 Å². The lowest BCUT2D eigenvalue weighted by molar-refractivity contribution is 0.0567. The van der Waals surface area contributed by atoms with Crippen LogP contribution in [0.1, 0.15) is 20.8 Å². The van der Waals surface area contributed by atoms with Gasteiger partial charge in [0.15, 0.2) is 5.75 Å². The van der Waals surface area contributed by atoms with Gasteiger partial charge in [-0.25, -0.2) is 4.79 Å². The number of nitrogens with zero attached hydrogens (tertiary/aromatic N) is 1. The van der Waals surface area contributed by atoms with E-state index in [4.69, 9.17) is 9.47 Å². The molecule has 0 radical (unpaired) electrons. The molecule has 1 aliphatic rings. The predicted molar refractivity (Wildman–Crippen MR) is 73.2 cm³/mol. The Hall–Kier alpha value is -1.23. The number of carbonyl (C=O) groups is 1. The molecule has 0 saturated heterocycles. The summed E-state index contributed by atoms with van der Waals surface area (Å²) in [5.41, 5.74) is 0.242. The molecule has 1 aliphatic heterocycles. The van der Waals surface area contributed by atoms with Gasteiger partial charge < -0.3 is 9.47 Å². The highest BCUT2D eigenvalue weighted by Gasteiger charge is 2.28. The molecular formula is C13H16BrNO3. The third kappa shape index (κ3) is 2.77. The highest BCUT2D eigenvalue weighted by atomic mass is 79.9. The van der Waals surface area contributed by atoms with Crippen LogP contribution in [0.15, 0.2) is 22.7 Å². The maximum atomic E-state index is 12.1. The number of anilines is 1. The van der Waals surface area contributed by atoms with Gasteiger partial charge in [-0.1, -0.05) is 6.07 Å². The van der Waals surface area contributed by atoms with E-state index in [0.29, 0.717) is 18.9 Å². The summed E-state index contributed by atoms with van der Waals surface area (Å²) in [5, 5.41) is 0. The van der Waals surface area contributed by atoms with Crippen LogP contribution < -0.4 is 9.64 Å². The van der Waals surface area contributed by atoms with E-state index < -0.39 is 5.60 Å². The maximum absolute atomic E-state index is 12.1. The Morgan fingerprint density at radius 1 is 1.44 bits per heavy atom. The zero-order chi connectivity index (χ0) is 13.3. The SMILES string of the molecule is CC(C)(C)OC(=O)N1CCOc2c(Br)cccc21.